The zero-order valence-corrected chi connectivity index (χ0v) is 15.1. The molecule has 2 rings (SSSR count). The minimum absolute atomic E-state index is 0.00198. The number of nitrogen functional groups attached to an aromatic ring is 1. The highest BCUT2D eigenvalue weighted by Gasteiger charge is 2.30. The summed E-state index contributed by atoms with van der Waals surface area (Å²) in [4.78, 5) is 7.62. The number of pyridine rings is 1. The highest BCUT2D eigenvalue weighted by molar-refractivity contribution is 5.86. The van der Waals surface area contributed by atoms with Crippen LogP contribution in [0.15, 0.2) is 35.3 Å². The van der Waals surface area contributed by atoms with E-state index < -0.39 is 30.8 Å². The zero-order valence-electron chi connectivity index (χ0n) is 15.1. The molecule has 0 aliphatic heterocycles. The molecule has 0 saturated carbocycles. The van der Waals surface area contributed by atoms with Crippen LogP contribution in [0, 0.1) is 6.92 Å². The molecule has 1 heterocycles. The molecule has 154 valence electrons. The summed E-state index contributed by atoms with van der Waals surface area (Å²) in [5.41, 5.74) is 6.49. The van der Waals surface area contributed by atoms with Gasteiger partial charge in [0.15, 0.2) is 0 Å². The summed E-state index contributed by atoms with van der Waals surface area (Å²) >= 11 is 0. The molecule has 1 aromatic heterocycles. The second-order valence-corrected chi connectivity index (χ2v) is 5.68. The Morgan fingerprint density at radius 3 is 2.25 bits per heavy atom. The van der Waals surface area contributed by atoms with Gasteiger partial charge in [-0.15, -0.1) is 0 Å². The standard InChI is InChI=1S/C17H16F5N3O.CH4O/c1-10-6-12(17(20,21)22)3-4-13(10)14-5-2-11(15(23)25-14)7-24-8-16(18,19)9-26;1-2/h2-7,26H,8-9H2,1H3,(H2,23,25);2H,1H3. The predicted molar refractivity (Wildman–Crippen MR) is 96.5 cm³/mol. The lowest BCUT2D eigenvalue weighted by Crippen LogP contribution is -2.25. The molecule has 0 bridgehead atoms. The molecule has 0 amide bonds. The van der Waals surface area contributed by atoms with E-state index in [-0.39, 0.29) is 11.4 Å². The maximum absolute atomic E-state index is 12.9. The van der Waals surface area contributed by atoms with Crippen LogP contribution in [0.3, 0.4) is 0 Å². The van der Waals surface area contributed by atoms with Crippen LogP contribution in [0.2, 0.25) is 0 Å². The highest BCUT2D eigenvalue weighted by Crippen LogP contribution is 2.33. The first-order valence-electron chi connectivity index (χ1n) is 7.91. The van der Waals surface area contributed by atoms with Crippen molar-refractivity contribution in [2.24, 2.45) is 4.99 Å². The zero-order chi connectivity index (χ0) is 21.5. The molecule has 0 radical (unpaired) electrons. The lowest BCUT2D eigenvalue weighted by atomic mass is 10.0. The third-order valence-corrected chi connectivity index (χ3v) is 3.57. The van der Waals surface area contributed by atoms with Gasteiger partial charge in [0.1, 0.15) is 19.0 Å². The van der Waals surface area contributed by atoms with E-state index in [0.717, 1.165) is 25.5 Å². The van der Waals surface area contributed by atoms with Crippen LogP contribution >= 0.6 is 0 Å². The molecule has 0 aliphatic rings. The minimum atomic E-state index is -4.44. The number of aliphatic imine (C=N–C) groups is 1. The van der Waals surface area contributed by atoms with Crippen LogP contribution in [-0.2, 0) is 6.18 Å². The average molecular weight is 405 g/mol. The van der Waals surface area contributed by atoms with Crippen molar-refractivity contribution in [1.29, 1.82) is 0 Å². The van der Waals surface area contributed by atoms with Gasteiger partial charge in [-0.25, -0.2) is 13.8 Å². The van der Waals surface area contributed by atoms with E-state index in [9.17, 15) is 22.0 Å². The largest absolute Gasteiger partial charge is 0.416 e. The highest BCUT2D eigenvalue weighted by atomic mass is 19.4. The van der Waals surface area contributed by atoms with Gasteiger partial charge in [-0.05, 0) is 36.8 Å². The Kier molecular flexibility index (Phi) is 8.01. The van der Waals surface area contributed by atoms with E-state index in [1.54, 1.807) is 0 Å². The summed E-state index contributed by atoms with van der Waals surface area (Å²) in [6.07, 6.45) is -3.33. The maximum Gasteiger partial charge on any atom is 0.416 e. The van der Waals surface area contributed by atoms with E-state index in [1.807, 2.05) is 0 Å². The Balaban J connectivity index is 0.00000190. The van der Waals surface area contributed by atoms with E-state index in [4.69, 9.17) is 15.9 Å². The molecule has 2 aromatic rings. The average Bonchev–Trinajstić information content (AvgIpc) is 2.64. The van der Waals surface area contributed by atoms with Crippen LogP contribution < -0.4 is 5.73 Å². The topological polar surface area (TPSA) is 91.7 Å². The van der Waals surface area contributed by atoms with E-state index in [1.165, 1.54) is 25.1 Å². The normalized spacial score (nSPS) is 12.0. The van der Waals surface area contributed by atoms with Crippen molar-refractivity contribution in [3.8, 4) is 11.3 Å². The van der Waals surface area contributed by atoms with Crippen molar-refractivity contribution in [3.05, 3.63) is 47.0 Å². The first-order chi connectivity index (χ1) is 13.0. The minimum Gasteiger partial charge on any atom is -0.400 e. The van der Waals surface area contributed by atoms with Gasteiger partial charge < -0.3 is 15.9 Å². The van der Waals surface area contributed by atoms with Crippen LogP contribution in [-0.4, -0.2) is 47.6 Å². The van der Waals surface area contributed by atoms with Crippen molar-refractivity contribution in [3.63, 3.8) is 0 Å². The number of benzene rings is 1. The van der Waals surface area contributed by atoms with E-state index in [0.29, 0.717) is 16.8 Å². The van der Waals surface area contributed by atoms with Crippen molar-refractivity contribution < 1.29 is 32.2 Å². The van der Waals surface area contributed by atoms with Gasteiger partial charge in [-0.2, -0.15) is 13.2 Å². The van der Waals surface area contributed by atoms with Crippen molar-refractivity contribution >= 4 is 12.0 Å². The molecule has 0 saturated heterocycles. The number of aliphatic hydroxyl groups excluding tert-OH is 2. The second kappa shape index (κ2) is 9.56. The first kappa shape index (κ1) is 23.4. The molecular formula is C18H20F5N3O2. The Hall–Kier alpha value is -2.59. The second-order valence-electron chi connectivity index (χ2n) is 5.68. The Morgan fingerprint density at radius 2 is 1.75 bits per heavy atom. The van der Waals surface area contributed by atoms with E-state index in [2.05, 4.69) is 9.98 Å². The van der Waals surface area contributed by atoms with Crippen LogP contribution in [0.5, 0.6) is 0 Å². The molecule has 0 atom stereocenters. The molecular weight excluding hydrogens is 385 g/mol. The summed E-state index contributed by atoms with van der Waals surface area (Å²) in [5.74, 6) is -3.33. The van der Waals surface area contributed by atoms with Gasteiger partial charge in [-0.3, -0.25) is 4.99 Å². The number of aliphatic hydroxyl groups is 2. The quantitative estimate of drug-likeness (QED) is 0.526. The number of anilines is 1. The van der Waals surface area contributed by atoms with Crippen LogP contribution in [0.1, 0.15) is 16.7 Å². The monoisotopic (exact) mass is 405 g/mol. The molecule has 0 aliphatic carbocycles. The molecule has 0 fully saturated rings. The molecule has 10 heteroatoms. The molecule has 0 spiro atoms. The number of aromatic nitrogens is 1. The summed E-state index contributed by atoms with van der Waals surface area (Å²) < 4.78 is 64.0. The lowest BCUT2D eigenvalue weighted by molar-refractivity contribution is -0.137. The number of nitrogens with two attached hydrogens (primary N) is 1. The van der Waals surface area contributed by atoms with E-state index >= 15 is 0 Å². The van der Waals surface area contributed by atoms with Crippen LogP contribution in [0.4, 0.5) is 27.8 Å². The Morgan fingerprint density at radius 1 is 1.11 bits per heavy atom. The fraction of sp³-hybridized carbons (Fsp3) is 0.333. The summed E-state index contributed by atoms with van der Waals surface area (Å²) in [6, 6.07) is 6.26. The molecule has 4 N–H and O–H groups in total. The smallest absolute Gasteiger partial charge is 0.400 e. The summed E-state index contributed by atoms with van der Waals surface area (Å²) in [6.45, 7) is -0.693. The molecule has 5 nitrogen and oxygen atoms in total. The third kappa shape index (κ3) is 6.24. The van der Waals surface area contributed by atoms with Gasteiger partial charge in [0.2, 0.25) is 0 Å². The van der Waals surface area contributed by atoms with Gasteiger partial charge >= 0.3 is 6.18 Å². The van der Waals surface area contributed by atoms with Crippen LogP contribution in [0.25, 0.3) is 11.3 Å². The number of rotatable bonds is 5. The lowest BCUT2D eigenvalue weighted by Gasteiger charge is -2.12. The SMILES string of the molecule is CO.Cc1cc(C(F)(F)F)ccc1-c1ccc(C=NCC(F)(F)CO)c(N)n1. The van der Waals surface area contributed by atoms with Gasteiger partial charge in [0, 0.05) is 24.5 Å². The molecule has 0 unspecified atom stereocenters. The molecule has 1 aromatic carbocycles. The number of hydrogen-bond acceptors (Lipinski definition) is 5. The fourth-order valence-electron chi connectivity index (χ4n) is 2.20. The number of hydrogen-bond donors (Lipinski definition) is 3. The van der Waals surface area contributed by atoms with Crippen molar-refractivity contribution in [1.82, 2.24) is 4.98 Å². The van der Waals surface area contributed by atoms with Gasteiger partial charge in [0.25, 0.3) is 5.92 Å². The molecule has 28 heavy (non-hydrogen) atoms. The number of aryl methyl sites for hydroxylation is 1. The third-order valence-electron chi connectivity index (χ3n) is 3.57. The fourth-order valence-corrected chi connectivity index (χ4v) is 2.20. The number of alkyl halides is 5. The van der Waals surface area contributed by atoms with Crippen molar-refractivity contribution in [2.75, 3.05) is 26.0 Å². The van der Waals surface area contributed by atoms with Gasteiger partial charge in [-0.1, -0.05) is 6.07 Å². The maximum atomic E-state index is 12.9. The summed E-state index contributed by atoms with van der Waals surface area (Å²) in [7, 11) is 1.00. The predicted octanol–water partition coefficient (Wildman–Crippen LogP) is 3.31. The number of nitrogens with zero attached hydrogens (tertiary/aromatic N) is 2. The van der Waals surface area contributed by atoms with Crippen molar-refractivity contribution in [2.45, 2.75) is 19.0 Å². The first-order valence-corrected chi connectivity index (χ1v) is 7.91. The van der Waals surface area contributed by atoms with Gasteiger partial charge in [0.05, 0.1) is 11.3 Å². The Labute approximate surface area is 158 Å². The Bertz CT molecular complexity index is 823. The number of halogens is 5. The summed E-state index contributed by atoms with van der Waals surface area (Å²) in [5, 5.41) is 15.5.